The molecule has 0 spiro atoms. The summed E-state index contributed by atoms with van der Waals surface area (Å²) in [6.07, 6.45) is 0.967. The fourth-order valence-electron chi connectivity index (χ4n) is 1.52. The Morgan fingerprint density at radius 1 is 1.46 bits per heavy atom. The molecular formula is C10H11FO2. The van der Waals surface area contributed by atoms with Crippen LogP contribution in [0.15, 0.2) is 18.2 Å². The van der Waals surface area contributed by atoms with Crippen LogP contribution in [0.2, 0.25) is 0 Å². The molecule has 0 aromatic heterocycles. The van der Waals surface area contributed by atoms with Gasteiger partial charge in [-0.1, -0.05) is 0 Å². The number of hydrogen-bond donors (Lipinski definition) is 1. The van der Waals surface area contributed by atoms with Gasteiger partial charge < -0.3 is 9.84 Å². The average Bonchev–Trinajstić information content (AvgIpc) is 2.28. The van der Waals surface area contributed by atoms with Crippen molar-refractivity contribution in [3.05, 3.63) is 29.6 Å². The molecule has 0 saturated heterocycles. The monoisotopic (exact) mass is 182 g/mol. The normalized spacial score (nSPS) is 21.5. The third-order valence-electron chi connectivity index (χ3n) is 2.21. The summed E-state index contributed by atoms with van der Waals surface area (Å²) >= 11 is 0. The molecule has 0 aliphatic carbocycles. The van der Waals surface area contributed by atoms with E-state index in [-0.39, 0.29) is 5.82 Å². The van der Waals surface area contributed by atoms with Gasteiger partial charge in [0.2, 0.25) is 0 Å². The van der Waals surface area contributed by atoms with E-state index < -0.39 is 6.10 Å². The van der Waals surface area contributed by atoms with Crippen molar-refractivity contribution >= 4 is 0 Å². The first-order chi connectivity index (χ1) is 6.27. The Morgan fingerprint density at radius 3 is 3.15 bits per heavy atom. The van der Waals surface area contributed by atoms with E-state index in [1.165, 1.54) is 12.1 Å². The highest BCUT2D eigenvalue weighted by molar-refractivity contribution is 5.36. The standard InChI is InChI=1S/C10H11FO2/c11-7-3-4-8-9(12)2-1-5-13-10(8)6-7/h3-4,6,9,12H,1-2,5H2/t9-/m1/s1. The zero-order valence-corrected chi connectivity index (χ0v) is 7.16. The molecule has 0 fully saturated rings. The van der Waals surface area contributed by atoms with Crippen LogP contribution in [-0.2, 0) is 0 Å². The molecule has 13 heavy (non-hydrogen) atoms. The van der Waals surface area contributed by atoms with E-state index in [4.69, 9.17) is 4.74 Å². The first kappa shape index (κ1) is 8.51. The van der Waals surface area contributed by atoms with E-state index in [9.17, 15) is 9.50 Å². The Balaban J connectivity index is 2.42. The summed E-state index contributed by atoms with van der Waals surface area (Å²) in [6, 6.07) is 4.25. The van der Waals surface area contributed by atoms with E-state index >= 15 is 0 Å². The molecule has 1 aliphatic heterocycles. The van der Waals surface area contributed by atoms with Gasteiger partial charge in [0.05, 0.1) is 12.7 Å². The van der Waals surface area contributed by atoms with E-state index in [2.05, 4.69) is 0 Å². The molecule has 1 aromatic rings. The average molecular weight is 182 g/mol. The molecule has 3 heteroatoms. The van der Waals surface area contributed by atoms with Crippen LogP contribution >= 0.6 is 0 Å². The van der Waals surface area contributed by atoms with E-state index in [0.29, 0.717) is 24.3 Å². The smallest absolute Gasteiger partial charge is 0.128 e. The maximum absolute atomic E-state index is 12.8. The SMILES string of the molecule is O[C@@H]1CCCOc2cc(F)ccc21. The Bertz CT molecular complexity index is 312. The summed E-state index contributed by atoms with van der Waals surface area (Å²) in [7, 11) is 0. The topological polar surface area (TPSA) is 29.5 Å². The number of aliphatic hydroxyl groups excluding tert-OH is 1. The van der Waals surface area contributed by atoms with Gasteiger partial charge in [0, 0.05) is 11.6 Å². The second-order valence-corrected chi connectivity index (χ2v) is 3.19. The van der Waals surface area contributed by atoms with Crippen LogP contribution < -0.4 is 4.74 Å². The van der Waals surface area contributed by atoms with Gasteiger partial charge in [0.15, 0.2) is 0 Å². The van der Waals surface area contributed by atoms with Gasteiger partial charge in [-0.25, -0.2) is 4.39 Å². The molecule has 70 valence electrons. The van der Waals surface area contributed by atoms with Crippen LogP contribution in [0.5, 0.6) is 5.75 Å². The lowest BCUT2D eigenvalue weighted by atomic mass is 10.1. The molecule has 0 bridgehead atoms. The predicted molar refractivity (Wildman–Crippen MR) is 46.1 cm³/mol. The van der Waals surface area contributed by atoms with Crippen molar-refractivity contribution in [2.24, 2.45) is 0 Å². The first-order valence-corrected chi connectivity index (χ1v) is 4.37. The Labute approximate surface area is 76.0 Å². The Kier molecular flexibility index (Phi) is 2.19. The molecule has 0 radical (unpaired) electrons. The summed E-state index contributed by atoms with van der Waals surface area (Å²) in [5, 5.41) is 9.63. The number of ether oxygens (including phenoxy) is 1. The number of halogens is 1. The molecular weight excluding hydrogens is 171 g/mol. The predicted octanol–water partition coefficient (Wildman–Crippen LogP) is 2.03. The largest absolute Gasteiger partial charge is 0.493 e. The summed E-state index contributed by atoms with van der Waals surface area (Å²) in [4.78, 5) is 0. The Hall–Kier alpha value is -1.09. The van der Waals surface area contributed by atoms with Crippen LogP contribution in [0.25, 0.3) is 0 Å². The minimum absolute atomic E-state index is 0.326. The highest BCUT2D eigenvalue weighted by Gasteiger charge is 2.17. The lowest BCUT2D eigenvalue weighted by Crippen LogP contribution is -1.96. The van der Waals surface area contributed by atoms with Gasteiger partial charge in [-0.05, 0) is 25.0 Å². The maximum atomic E-state index is 12.8. The minimum atomic E-state index is -0.516. The maximum Gasteiger partial charge on any atom is 0.128 e. The third-order valence-corrected chi connectivity index (χ3v) is 2.21. The quantitative estimate of drug-likeness (QED) is 0.665. The van der Waals surface area contributed by atoms with Crippen LogP contribution in [-0.4, -0.2) is 11.7 Å². The highest BCUT2D eigenvalue weighted by atomic mass is 19.1. The molecule has 1 aliphatic rings. The molecule has 0 unspecified atom stereocenters. The molecule has 0 amide bonds. The minimum Gasteiger partial charge on any atom is -0.493 e. The van der Waals surface area contributed by atoms with Crippen molar-refractivity contribution in [2.45, 2.75) is 18.9 Å². The van der Waals surface area contributed by atoms with Crippen molar-refractivity contribution < 1.29 is 14.2 Å². The number of benzene rings is 1. The lowest BCUT2D eigenvalue weighted by Gasteiger charge is -2.09. The highest BCUT2D eigenvalue weighted by Crippen LogP contribution is 2.31. The zero-order valence-electron chi connectivity index (χ0n) is 7.16. The second-order valence-electron chi connectivity index (χ2n) is 3.19. The van der Waals surface area contributed by atoms with E-state index in [1.807, 2.05) is 0 Å². The van der Waals surface area contributed by atoms with Gasteiger partial charge >= 0.3 is 0 Å². The van der Waals surface area contributed by atoms with Gasteiger partial charge in [-0.3, -0.25) is 0 Å². The molecule has 1 aromatic carbocycles. The lowest BCUT2D eigenvalue weighted by molar-refractivity contribution is 0.167. The van der Waals surface area contributed by atoms with Crippen LogP contribution in [0.1, 0.15) is 24.5 Å². The molecule has 1 heterocycles. The van der Waals surface area contributed by atoms with Gasteiger partial charge in [-0.2, -0.15) is 0 Å². The molecule has 0 saturated carbocycles. The van der Waals surface area contributed by atoms with Gasteiger partial charge in [0.25, 0.3) is 0 Å². The summed E-state index contributed by atoms with van der Waals surface area (Å²) < 4.78 is 18.1. The van der Waals surface area contributed by atoms with Crippen LogP contribution in [0, 0.1) is 5.82 Å². The van der Waals surface area contributed by atoms with Crippen molar-refractivity contribution in [3.63, 3.8) is 0 Å². The fraction of sp³-hybridized carbons (Fsp3) is 0.400. The number of fused-ring (bicyclic) bond motifs is 1. The molecule has 1 atom stereocenters. The van der Waals surface area contributed by atoms with E-state index in [0.717, 1.165) is 6.42 Å². The van der Waals surface area contributed by atoms with Crippen molar-refractivity contribution in [1.29, 1.82) is 0 Å². The zero-order chi connectivity index (χ0) is 9.26. The summed E-state index contributed by atoms with van der Waals surface area (Å²) in [5.41, 5.74) is 0.693. The van der Waals surface area contributed by atoms with E-state index in [1.54, 1.807) is 6.07 Å². The third kappa shape index (κ3) is 1.65. The molecule has 2 nitrogen and oxygen atoms in total. The molecule has 1 N–H and O–H groups in total. The van der Waals surface area contributed by atoms with Crippen LogP contribution in [0.4, 0.5) is 4.39 Å². The number of hydrogen-bond acceptors (Lipinski definition) is 2. The van der Waals surface area contributed by atoms with Crippen molar-refractivity contribution in [1.82, 2.24) is 0 Å². The first-order valence-electron chi connectivity index (χ1n) is 4.37. The van der Waals surface area contributed by atoms with Crippen molar-refractivity contribution in [2.75, 3.05) is 6.61 Å². The number of aliphatic hydroxyl groups is 1. The Morgan fingerprint density at radius 2 is 2.31 bits per heavy atom. The van der Waals surface area contributed by atoms with Gasteiger partial charge in [-0.15, -0.1) is 0 Å². The summed E-state index contributed by atoms with van der Waals surface area (Å²) in [6.45, 7) is 0.549. The number of rotatable bonds is 0. The second kappa shape index (κ2) is 3.34. The van der Waals surface area contributed by atoms with Gasteiger partial charge in [0.1, 0.15) is 11.6 Å². The molecule has 2 rings (SSSR count). The van der Waals surface area contributed by atoms with Crippen molar-refractivity contribution in [3.8, 4) is 5.75 Å². The van der Waals surface area contributed by atoms with Crippen LogP contribution in [0.3, 0.4) is 0 Å². The fourth-order valence-corrected chi connectivity index (χ4v) is 1.52. The summed E-state index contributed by atoms with van der Waals surface area (Å²) in [5.74, 6) is 0.151.